The summed E-state index contributed by atoms with van der Waals surface area (Å²) < 4.78 is 6.38. The van der Waals surface area contributed by atoms with Crippen molar-refractivity contribution in [1.82, 2.24) is 9.78 Å². The number of thiophene rings is 1. The van der Waals surface area contributed by atoms with E-state index in [-0.39, 0.29) is 29.2 Å². The average Bonchev–Trinajstić information content (AvgIpc) is 3.19. The van der Waals surface area contributed by atoms with Gasteiger partial charge in [-0.25, -0.2) is 4.79 Å². The summed E-state index contributed by atoms with van der Waals surface area (Å²) in [6.45, 7) is 3.86. The lowest BCUT2D eigenvalue weighted by Gasteiger charge is -2.20. The first-order chi connectivity index (χ1) is 15.5. The van der Waals surface area contributed by atoms with Crippen LogP contribution in [0.4, 0.5) is 5.00 Å². The van der Waals surface area contributed by atoms with Gasteiger partial charge in [-0.1, -0.05) is 37.0 Å². The standard InChI is InChI=1S/C24H27N3O4S/c1-3-31-24(30)21-18-14-32-22(25-19(28)13-16-7-5-4-6-8-16)20(18)23(29)27(26-21)17-11-9-15(2)10-12-17/h9-12,14,16H,3-8,13H2,1-2H3,(H,25,28). The molecule has 2 aromatic heterocycles. The molecule has 168 valence electrons. The first-order valence-corrected chi connectivity index (χ1v) is 11.9. The Morgan fingerprint density at radius 2 is 1.91 bits per heavy atom. The molecule has 1 saturated carbocycles. The minimum absolute atomic E-state index is 0.0612. The number of nitrogens with zero attached hydrogens (tertiary/aromatic N) is 2. The van der Waals surface area contributed by atoms with Crippen LogP contribution in [0.5, 0.6) is 0 Å². The second-order valence-electron chi connectivity index (χ2n) is 8.23. The number of carbonyl (C=O) groups excluding carboxylic acids is 2. The van der Waals surface area contributed by atoms with Gasteiger partial charge >= 0.3 is 5.97 Å². The Balaban J connectivity index is 1.75. The summed E-state index contributed by atoms with van der Waals surface area (Å²) in [7, 11) is 0. The highest BCUT2D eigenvalue weighted by atomic mass is 32.1. The molecule has 0 bridgehead atoms. The monoisotopic (exact) mass is 453 g/mol. The van der Waals surface area contributed by atoms with E-state index in [0.29, 0.717) is 28.4 Å². The van der Waals surface area contributed by atoms with Gasteiger partial charge in [-0.15, -0.1) is 11.3 Å². The van der Waals surface area contributed by atoms with Crippen molar-refractivity contribution in [1.29, 1.82) is 0 Å². The number of rotatable bonds is 6. The van der Waals surface area contributed by atoms with E-state index in [1.165, 1.54) is 22.4 Å². The number of hydrogen-bond acceptors (Lipinski definition) is 6. The van der Waals surface area contributed by atoms with Crippen LogP contribution in [0.2, 0.25) is 0 Å². The first kappa shape index (κ1) is 22.2. The predicted octanol–water partition coefficient (Wildman–Crippen LogP) is 4.84. The molecule has 1 aliphatic carbocycles. The molecule has 0 atom stereocenters. The van der Waals surface area contributed by atoms with E-state index in [1.807, 2.05) is 19.1 Å². The maximum absolute atomic E-state index is 13.4. The van der Waals surface area contributed by atoms with Crippen LogP contribution >= 0.6 is 11.3 Å². The fourth-order valence-electron chi connectivity index (χ4n) is 4.18. The molecule has 0 spiro atoms. The minimum Gasteiger partial charge on any atom is -0.461 e. The first-order valence-electron chi connectivity index (χ1n) is 11.1. The van der Waals surface area contributed by atoms with Gasteiger partial charge in [0.2, 0.25) is 5.91 Å². The van der Waals surface area contributed by atoms with Crippen molar-refractivity contribution in [3.63, 3.8) is 0 Å². The average molecular weight is 454 g/mol. The van der Waals surface area contributed by atoms with Crippen molar-refractivity contribution >= 4 is 39.0 Å². The van der Waals surface area contributed by atoms with Crippen molar-refractivity contribution in [2.24, 2.45) is 5.92 Å². The van der Waals surface area contributed by atoms with E-state index in [4.69, 9.17) is 4.74 Å². The number of ether oxygens (including phenoxy) is 1. The van der Waals surface area contributed by atoms with Gasteiger partial charge in [0.05, 0.1) is 17.7 Å². The lowest BCUT2D eigenvalue weighted by molar-refractivity contribution is -0.117. The summed E-state index contributed by atoms with van der Waals surface area (Å²) in [4.78, 5) is 38.7. The van der Waals surface area contributed by atoms with Gasteiger partial charge < -0.3 is 10.1 Å². The molecular weight excluding hydrogens is 426 g/mol. The summed E-state index contributed by atoms with van der Waals surface area (Å²) in [5.74, 6) is -0.316. The highest BCUT2D eigenvalue weighted by Gasteiger charge is 2.24. The fraction of sp³-hybridized carbons (Fsp3) is 0.417. The molecule has 0 unspecified atom stereocenters. The Hall–Kier alpha value is -3.00. The molecule has 2 heterocycles. The van der Waals surface area contributed by atoms with Crippen LogP contribution in [-0.4, -0.2) is 28.3 Å². The van der Waals surface area contributed by atoms with E-state index < -0.39 is 5.97 Å². The zero-order chi connectivity index (χ0) is 22.7. The minimum atomic E-state index is -0.601. The van der Waals surface area contributed by atoms with Gasteiger partial charge in [-0.05, 0) is 44.7 Å². The molecule has 0 radical (unpaired) electrons. The molecule has 8 heteroatoms. The van der Waals surface area contributed by atoms with Crippen LogP contribution in [0.25, 0.3) is 16.5 Å². The number of anilines is 1. The SMILES string of the molecule is CCOC(=O)c1nn(-c2ccc(C)cc2)c(=O)c2c(NC(=O)CC3CCCCC3)scc12. The van der Waals surface area contributed by atoms with Gasteiger partial charge in [0.25, 0.3) is 5.56 Å². The number of esters is 1. The quantitative estimate of drug-likeness (QED) is 0.539. The van der Waals surface area contributed by atoms with Gasteiger partial charge in [0.15, 0.2) is 5.69 Å². The molecule has 1 aliphatic rings. The van der Waals surface area contributed by atoms with Gasteiger partial charge in [-0.2, -0.15) is 9.78 Å². The van der Waals surface area contributed by atoms with Crippen molar-refractivity contribution < 1.29 is 14.3 Å². The van der Waals surface area contributed by atoms with Gasteiger partial charge in [0.1, 0.15) is 5.00 Å². The smallest absolute Gasteiger partial charge is 0.359 e. The van der Waals surface area contributed by atoms with Crippen LogP contribution in [-0.2, 0) is 9.53 Å². The number of hydrogen-bond donors (Lipinski definition) is 1. The predicted molar refractivity (Wildman–Crippen MR) is 126 cm³/mol. The van der Waals surface area contributed by atoms with Crippen molar-refractivity contribution in [2.75, 3.05) is 11.9 Å². The number of fused-ring (bicyclic) bond motifs is 1. The van der Waals surface area contributed by atoms with E-state index in [9.17, 15) is 14.4 Å². The van der Waals surface area contributed by atoms with Crippen molar-refractivity contribution in [3.8, 4) is 5.69 Å². The number of aromatic nitrogens is 2. The highest BCUT2D eigenvalue weighted by molar-refractivity contribution is 7.16. The second kappa shape index (κ2) is 9.65. The number of carbonyl (C=O) groups is 2. The molecule has 0 saturated heterocycles. The van der Waals surface area contributed by atoms with E-state index >= 15 is 0 Å². The van der Waals surface area contributed by atoms with Crippen LogP contribution in [0.3, 0.4) is 0 Å². The summed E-state index contributed by atoms with van der Waals surface area (Å²) in [5, 5.41) is 10.1. The third-order valence-corrected chi connectivity index (χ3v) is 6.75. The number of nitrogens with one attached hydrogen (secondary N) is 1. The van der Waals surface area contributed by atoms with Crippen molar-refractivity contribution in [3.05, 3.63) is 51.3 Å². The third kappa shape index (κ3) is 4.60. The Morgan fingerprint density at radius 3 is 2.59 bits per heavy atom. The van der Waals surface area contributed by atoms with Crippen LogP contribution in [0.1, 0.15) is 61.5 Å². The van der Waals surface area contributed by atoms with Crippen molar-refractivity contribution in [2.45, 2.75) is 52.4 Å². The van der Waals surface area contributed by atoms with Crippen LogP contribution < -0.4 is 10.9 Å². The van der Waals surface area contributed by atoms with Gasteiger partial charge in [0, 0.05) is 17.2 Å². The van der Waals surface area contributed by atoms with E-state index in [1.54, 1.807) is 24.4 Å². The lowest BCUT2D eigenvalue weighted by atomic mass is 9.87. The Labute approximate surface area is 190 Å². The third-order valence-electron chi connectivity index (χ3n) is 5.85. The summed E-state index contributed by atoms with van der Waals surface area (Å²) in [5.41, 5.74) is 1.26. The summed E-state index contributed by atoms with van der Waals surface area (Å²) >= 11 is 1.23. The maximum Gasteiger partial charge on any atom is 0.359 e. The fourth-order valence-corrected chi connectivity index (χ4v) is 5.14. The molecule has 0 aliphatic heterocycles. The highest BCUT2D eigenvalue weighted by Crippen LogP contribution is 2.32. The lowest BCUT2D eigenvalue weighted by Crippen LogP contribution is -2.26. The Bertz CT molecular complexity index is 1190. The summed E-state index contributed by atoms with van der Waals surface area (Å²) in [6.07, 6.45) is 6.13. The maximum atomic E-state index is 13.4. The molecule has 32 heavy (non-hydrogen) atoms. The number of amides is 1. The van der Waals surface area contributed by atoms with E-state index in [0.717, 1.165) is 31.2 Å². The molecule has 1 aromatic carbocycles. The molecule has 7 nitrogen and oxygen atoms in total. The molecule has 1 amide bonds. The molecule has 3 aromatic rings. The molecule has 1 N–H and O–H groups in total. The largest absolute Gasteiger partial charge is 0.461 e. The number of benzene rings is 1. The second-order valence-corrected chi connectivity index (χ2v) is 9.11. The normalized spacial score (nSPS) is 14.4. The van der Waals surface area contributed by atoms with Gasteiger partial charge in [-0.3, -0.25) is 9.59 Å². The Kier molecular flexibility index (Phi) is 6.69. The molecule has 1 fully saturated rings. The van der Waals surface area contributed by atoms with Crippen LogP contribution in [0.15, 0.2) is 34.4 Å². The van der Waals surface area contributed by atoms with Crippen LogP contribution in [0, 0.1) is 12.8 Å². The zero-order valence-electron chi connectivity index (χ0n) is 18.3. The van der Waals surface area contributed by atoms with E-state index in [2.05, 4.69) is 10.4 Å². The number of aryl methyl sites for hydroxylation is 1. The zero-order valence-corrected chi connectivity index (χ0v) is 19.2. The molecule has 4 rings (SSSR count). The molecular formula is C24H27N3O4S. The summed E-state index contributed by atoms with van der Waals surface area (Å²) in [6, 6.07) is 7.30. The topological polar surface area (TPSA) is 90.3 Å². The Morgan fingerprint density at radius 1 is 1.19 bits per heavy atom.